The number of hydrogen-bond acceptors (Lipinski definition) is 0. The Bertz CT molecular complexity index is 302. The number of unbranched alkanes of at least 4 members (excludes halogenated alkanes) is 6. The largest absolute Gasteiger partial charge is 0.253 e. The molecule has 0 atom stereocenters. The van der Waals surface area contributed by atoms with Crippen molar-refractivity contribution in [2.24, 2.45) is 13.0 Å². The molecule has 0 aliphatic carbocycles. The average Bonchev–Trinajstić information content (AvgIpc) is 2.72. The molecule has 0 spiro atoms. The summed E-state index contributed by atoms with van der Waals surface area (Å²) < 4.78 is 2.19. The van der Waals surface area contributed by atoms with Crippen LogP contribution in [0, 0.1) is 5.92 Å². The van der Waals surface area contributed by atoms with E-state index in [4.69, 9.17) is 0 Å². The van der Waals surface area contributed by atoms with Crippen LogP contribution in [0.25, 0.3) is 0 Å². The maximum absolute atomic E-state index is 3.30. The van der Waals surface area contributed by atoms with Gasteiger partial charge in [-0.15, -0.1) is 0 Å². The van der Waals surface area contributed by atoms with E-state index in [0.717, 1.165) is 5.92 Å². The molecule has 1 heterocycles. The fraction of sp³-hybridized carbons (Fsp3) is 0.812. The fourth-order valence-corrected chi connectivity index (χ4v) is 2.41. The Kier molecular flexibility index (Phi) is 7.79. The lowest BCUT2D eigenvalue weighted by molar-refractivity contribution is -0.677. The first kappa shape index (κ1) is 15.3. The van der Waals surface area contributed by atoms with Gasteiger partial charge in [-0.05, 0) is 12.3 Å². The van der Waals surface area contributed by atoms with Gasteiger partial charge in [0.1, 0.15) is 12.4 Å². The summed E-state index contributed by atoms with van der Waals surface area (Å²) in [6, 6.07) is 0. The molecule has 1 aromatic heterocycles. The first-order valence-electron chi connectivity index (χ1n) is 7.72. The molecule has 104 valence electrons. The van der Waals surface area contributed by atoms with Crippen molar-refractivity contribution in [1.82, 2.24) is 4.98 Å². The molecule has 1 aromatic rings. The quantitative estimate of drug-likeness (QED) is 0.476. The Morgan fingerprint density at radius 3 is 2.17 bits per heavy atom. The van der Waals surface area contributed by atoms with E-state index in [0.29, 0.717) is 0 Å². The molecular formula is C16H31N2+. The Hall–Kier alpha value is -0.790. The van der Waals surface area contributed by atoms with Crippen molar-refractivity contribution in [2.75, 3.05) is 0 Å². The number of imidazole rings is 1. The topological polar surface area (TPSA) is 19.7 Å². The minimum absolute atomic E-state index is 0.881. The highest BCUT2D eigenvalue weighted by atomic mass is 15.0. The standard InChI is InChI=1S/C16H30N2/c1-15(2)11-9-7-5-4-6-8-10-12-16-17-13-14-18(16)3/h13-15H,4-12H2,1-3H3/p+1. The summed E-state index contributed by atoms with van der Waals surface area (Å²) in [6.07, 6.45) is 16.5. The third-order valence-electron chi connectivity index (χ3n) is 3.67. The smallest absolute Gasteiger partial charge is 0.248 e. The van der Waals surface area contributed by atoms with E-state index >= 15 is 0 Å². The van der Waals surface area contributed by atoms with Gasteiger partial charge < -0.3 is 0 Å². The van der Waals surface area contributed by atoms with Crippen molar-refractivity contribution >= 4 is 0 Å². The van der Waals surface area contributed by atoms with E-state index in [2.05, 4.69) is 36.6 Å². The Morgan fingerprint density at radius 2 is 1.61 bits per heavy atom. The van der Waals surface area contributed by atoms with Gasteiger partial charge in [-0.25, -0.2) is 9.55 Å². The summed E-state index contributed by atoms with van der Waals surface area (Å²) in [5.74, 6) is 2.23. The first-order valence-corrected chi connectivity index (χ1v) is 7.72. The van der Waals surface area contributed by atoms with Crippen molar-refractivity contribution in [3.05, 3.63) is 18.2 Å². The zero-order valence-corrected chi connectivity index (χ0v) is 12.5. The lowest BCUT2D eigenvalue weighted by atomic mass is 10.0. The predicted molar refractivity (Wildman–Crippen MR) is 77.4 cm³/mol. The van der Waals surface area contributed by atoms with Crippen LogP contribution in [0.5, 0.6) is 0 Å². The molecule has 0 aromatic carbocycles. The number of nitrogens with zero attached hydrogens (tertiary/aromatic N) is 1. The number of aryl methyl sites for hydroxylation is 2. The maximum Gasteiger partial charge on any atom is 0.253 e. The molecule has 2 heteroatoms. The SMILES string of the molecule is CC(C)CCCCCCCCCc1[nH]cc[n+]1C. The molecule has 0 aliphatic rings. The summed E-state index contributed by atoms with van der Waals surface area (Å²) in [5, 5.41) is 0. The summed E-state index contributed by atoms with van der Waals surface area (Å²) in [5.41, 5.74) is 0. The molecule has 0 radical (unpaired) electrons. The molecule has 1 N–H and O–H groups in total. The van der Waals surface area contributed by atoms with E-state index in [-0.39, 0.29) is 0 Å². The van der Waals surface area contributed by atoms with Gasteiger partial charge in [0.05, 0.1) is 7.05 Å². The highest BCUT2D eigenvalue weighted by Crippen LogP contribution is 2.12. The maximum atomic E-state index is 3.30. The van der Waals surface area contributed by atoms with Gasteiger partial charge in [0.15, 0.2) is 0 Å². The Labute approximate surface area is 113 Å². The van der Waals surface area contributed by atoms with Crippen LogP contribution in [0.1, 0.15) is 71.0 Å². The number of rotatable bonds is 10. The number of hydrogen-bond donors (Lipinski definition) is 1. The number of aromatic amines is 1. The Balaban J connectivity index is 1.86. The number of aromatic nitrogens is 2. The van der Waals surface area contributed by atoms with Crippen LogP contribution >= 0.6 is 0 Å². The van der Waals surface area contributed by atoms with Crippen molar-refractivity contribution < 1.29 is 4.57 Å². The van der Waals surface area contributed by atoms with Gasteiger partial charge in [-0.3, -0.25) is 0 Å². The van der Waals surface area contributed by atoms with E-state index in [1.807, 2.05) is 6.20 Å². The molecule has 2 nitrogen and oxygen atoms in total. The molecule has 0 amide bonds. The van der Waals surface area contributed by atoms with Crippen molar-refractivity contribution in [3.8, 4) is 0 Å². The van der Waals surface area contributed by atoms with E-state index in [1.165, 1.54) is 63.6 Å². The zero-order valence-electron chi connectivity index (χ0n) is 12.5. The van der Waals surface area contributed by atoms with Crippen molar-refractivity contribution in [3.63, 3.8) is 0 Å². The fourth-order valence-electron chi connectivity index (χ4n) is 2.41. The normalized spacial score (nSPS) is 11.3. The van der Waals surface area contributed by atoms with Crippen molar-refractivity contribution in [1.29, 1.82) is 0 Å². The summed E-state index contributed by atoms with van der Waals surface area (Å²) in [6.45, 7) is 4.64. The first-order chi connectivity index (χ1) is 8.70. The highest BCUT2D eigenvalue weighted by molar-refractivity contribution is 4.76. The second-order valence-corrected chi connectivity index (χ2v) is 5.93. The summed E-state index contributed by atoms with van der Waals surface area (Å²) >= 11 is 0. The minimum Gasteiger partial charge on any atom is -0.248 e. The lowest BCUT2D eigenvalue weighted by Crippen LogP contribution is -2.30. The average molecular weight is 251 g/mol. The van der Waals surface area contributed by atoms with Gasteiger partial charge in [0, 0.05) is 6.42 Å². The highest BCUT2D eigenvalue weighted by Gasteiger charge is 2.04. The molecule has 1 rings (SSSR count). The van der Waals surface area contributed by atoms with Gasteiger partial charge in [-0.2, -0.15) is 0 Å². The lowest BCUT2D eigenvalue weighted by Gasteiger charge is -2.04. The third kappa shape index (κ3) is 6.83. The summed E-state index contributed by atoms with van der Waals surface area (Å²) in [7, 11) is 2.11. The second-order valence-electron chi connectivity index (χ2n) is 5.93. The van der Waals surface area contributed by atoms with Crippen LogP contribution in [-0.2, 0) is 13.5 Å². The molecule has 0 aliphatic heterocycles. The molecule has 0 bridgehead atoms. The van der Waals surface area contributed by atoms with Gasteiger partial charge in [-0.1, -0.05) is 58.8 Å². The van der Waals surface area contributed by atoms with Gasteiger partial charge in [0.2, 0.25) is 0 Å². The minimum atomic E-state index is 0.881. The Morgan fingerprint density at radius 1 is 1.00 bits per heavy atom. The van der Waals surface area contributed by atoms with Gasteiger partial charge >= 0.3 is 0 Å². The molecule has 0 saturated carbocycles. The van der Waals surface area contributed by atoms with Crippen LogP contribution in [0.15, 0.2) is 12.4 Å². The molecule has 0 saturated heterocycles. The number of nitrogens with one attached hydrogen (secondary N) is 1. The van der Waals surface area contributed by atoms with Crippen LogP contribution in [0.2, 0.25) is 0 Å². The molecule has 18 heavy (non-hydrogen) atoms. The third-order valence-corrected chi connectivity index (χ3v) is 3.67. The zero-order chi connectivity index (χ0) is 13.2. The second kappa shape index (κ2) is 9.18. The van der Waals surface area contributed by atoms with E-state index in [9.17, 15) is 0 Å². The van der Waals surface area contributed by atoms with Gasteiger partial charge in [0.25, 0.3) is 5.82 Å². The van der Waals surface area contributed by atoms with Crippen LogP contribution in [0.4, 0.5) is 0 Å². The van der Waals surface area contributed by atoms with Crippen LogP contribution in [-0.4, -0.2) is 4.98 Å². The molecular weight excluding hydrogens is 220 g/mol. The van der Waals surface area contributed by atoms with Crippen LogP contribution in [0.3, 0.4) is 0 Å². The van der Waals surface area contributed by atoms with Crippen LogP contribution < -0.4 is 4.57 Å². The summed E-state index contributed by atoms with van der Waals surface area (Å²) in [4.78, 5) is 3.30. The predicted octanol–water partition coefficient (Wildman–Crippen LogP) is 4.16. The number of H-pyrrole nitrogens is 1. The van der Waals surface area contributed by atoms with E-state index < -0.39 is 0 Å². The molecule has 0 fully saturated rings. The monoisotopic (exact) mass is 251 g/mol. The van der Waals surface area contributed by atoms with E-state index in [1.54, 1.807) is 0 Å². The molecule has 0 unspecified atom stereocenters. The van der Waals surface area contributed by atoms with Crippen molar-refractivity contribution in [2.45, 2.75) is 71.6 Å².